The van der Waals surface area contributed by atoms with E-state index in [0.29, 0.717) is 24.3 Å². The highest BCUT2D eigenvalue weighted by Gasteiger charge is 2.14. The maximum atomic E-state index is 11.9. The van der Waals surface area contributed by atoms with Crippen LogP contribution in [0.4, 0.5) is 0 Å². The van der Waals surface area contributed by atoms with E-state index in [4.69, 9.17) is 9.84 Å². The Morgan fingerprint density at radius 2 is 2.16 bits per heavy atom. The summed E-state index contributed by atoms with van der Waals surface area (Å²) in [5, 5.41) is 8.68. The van der Waals surface area contributed by atoms with Crippen molar-refractivity contribution < 1.29 is 18.3 Å². The summed E-state index contributed by atoms with van der Waals surface area (Å²) < 4.78 is 31.3. The Morgan fingerprint density at radius 3 is 2.74 bits per heavy atom. The first kappa shape index (κ1) is 15.5. The molecule has 0 aliphatic heterocycles. The smallest absolute Gasteiger partial charge is 0.240 e. The first-order valence-corrected chi connectivity index (χ1v) is 7.31. The second-order valence-electron chi connectivity index (χ2n) is 3.64. The van der Waals surface area contributed by atoms with Gasteiger partial charge in [-0.2, -0.15) is 0 Å². The predicted molar refractivity (Wildman–Crippen MR) is 72.4 cm³/mol. The van der Waals surface area contributed by atoms with Crippen molar-refractivity contribution in [3.05, 3.63) is 23.8 Å². The van der Waals surface area contributed by atoms with Crippen LogP contribution in [-0.4, -0.2) is 33.8 Å². The quantitative estimate of drug-likeness (QED) is 0.781. The van der Waals surface area contributed by atoms with Crippen LogP contribution in [-0.2, 0) is 10.0 Å². The minimum atomic E-state index is -3.51. The SMILES string of the molecule is CCNS(=O)(=O)c1ccc(OC)c(C#CCCO)c1. The molecule has 0 heterocycles. The number of ether oxygens (including phenoxy) is 1. The minimum absolute atomic E-state index is 0.0370. The molecule has 0 fully saturated rings. The number of hydrogen-bond acceptors (Lipinski definition) is 4. The molecule has 0 spiro atoms. The van der Waals surface area contributed by atoms with E-state index >= 15 is 0 Å². The van der Waals surface area contributed by atoms with Gasteiger partial charge in [0.1, 0.15) is 5.75 Å². The largest absolute Gasteiger partial charge is 0.495 e. The average molecular weight is 283 g/mol. The lowest BCUT2D eigenvalue weighted by Gasteiger charge is -2.08. The standard InChI is InChI=1S/C13H17NO4S/c1-3-14-19(16,17)12-7-8-13(18-2)11(10-12)6-4-5-9-15/h7-8,10,14-15H,3,5,9H2,1-2H3. The summed E-state index contributed by atoms with van der Waals surface area (Å²) in [6, 6.07) is 4.49. The van der Waals surface area contributed by atoms with Gasteiger partial charge in [-0.1, -0.05) is 18.8 Å². The number of aliphatic hydroxyl groups is 1. The van der Waals surface area contributed by atoms with Gasteiger partial charge in [-0.15, -0.1) is 0 Å². The van der Waals surface area contributed by atoms with Crippen molar-refractivity contribution in [1.29, 1.82) is 0 Å². The van der Waals surface area contributed by atoms with E-state index in [2.05, 4.69) is 16.6 Å². The van der Waals surface area contributed by atoms with Gasteiger partial charge in [-0.05, 0) is 18.2 Å². The van der Waals surface area contributed by atoms with Gasteiger partial charge in [0.05, 0.1) is 24.2 Å². The second-order valence-corrected chi connectivity index (χ2v) is 5.41. The van der Waals surface area contributed by atoms with Gasteiger partial charge in [-0.25, -0.2) is 13.1 Å². The maximum absolute atomic E-state index is 11.9. The molecule has 0 saturated heterocycles. The van der Waals surface area contributed by atoms with Gasteiger partial charge < -0.3 is 9.84 Å². The minimum Gasteiger partial charge on any atom is -0.495 e. The highest BCUT2D eigenvalue weighted by Crippen LogP contribution is 2.21. The van der Waals surface area contributed by atoms with Crippen molar-refractivity contribution in [1.82, 2.24) is 4.72 Å². The molecule has 0 aromatic heterocycles. The number of aliphatic hydroxyl groups excluding tert-OH is 1. The van der Waals surface area contributed by atoms with Gasteiger partial charge in [0.2, 0.25) is 10.0 Å². The third kappa shape index (κ3) is 4.24. The summed E-state index contributed by atoms with van der Waals surface area (Å²) in [6.45, 7) is 1.99. The Labute approximate surface area is 113 Å². The average Bonchev–Trinajstić information content (AvgIpc) is 2.39. The first-order chi connectivity index (χ1) is 9.05. The van der Waals surface area contributed by atoms with Crippen LogP contribution in [0.2, 0.25) is 0 Å². The van der Waals surface area contributed by atoms with E-state index in [1.807, 2.05) is 0 Å². The fourth-order valence-electron chi connectivity index (χ4n) is 1.44. The molecule has 5 nitrogen and oxygen atoms in total. The summed E-state index contributed by atoms with van der Waals surface area (Å²) in [4.78, 5) is 0.142. The molecule has 0 amide bonds. The molecule has 1 aromatic rings. The Kier molecular flexibility index (Phi) is 5.83. The Hall–Kier alpha value is -1.55. The molecule has 2 N–H and O–H groups in total. The molecule has 0 bridgehead atoms. The van der Waals surface area contributed by atoms with Crippen LogP contribution in [0.15, 0.2) is 23.1 Å². The molecule has 1 aromatic carbocycles. The van der Waals surface area contributed by atoms with Crippen LogP contribution in [0.1, 0.15) is 18.9 Å². The number of hydrogen-bond donors (Lipinski definition) is 2. The van der Waals surface area contributed by atoms with E-state index in [0.717, 1.165) is 0 Å². The third-order valence-corrected chi connectivity index (χ3v) is 3.82. The number of benzene rings is 1. The summed E-state index contributed by atoms with van der Waals surface area (Å²) in [7, 11) is -2.02. The molecule has 0 aliphatic carbocycles. The molecule has 0 saturated carbocycles. The predicted octanol–water partition coefficient (Wildman–Crippen LogP) is 0.727. The number of rotatable bonds is 5. The van der Waals surface area contributed by atoms with Crippen molar-refractivity contribution in [2.24, 2.45) is 0 Å². The summed E-state index contributed by atoms with van der Waals surface area (Å²) in [5.41, 5.74) is 0.481. The fraction of sp³-hybridized carbons (Fsp3) is 0.385. The maximum Gasteiger partial charge on any atom is 0.240 e. The lowest BCUT2D eigenvalue weighted by molar-refractivity contribution is 0.305. The molecular formula is C13H17NO4S. The van der Waals surface area contributed by atoms with Gasteiger partial charge in [0, 0.05) is 13.0 Å². The van der Waals surface area contributed by atoms with Gasteiger partial charge in [0.15, 0.2) is 0 Å². The van der Waals surface area contributed by atoms with Crippen LogP contribution in [0.5, 0.6) is 5.75 Å². The summed E-state index contributed by atoms with van der Waals surface area (Å²) in [6.07, 6.45) is 0.327. The second kappa shape index (κ2) is 7.14. The normalized spacial score (nSPS) is 10.7. The van der Waals surface area contributed by atoms with E-state index < -0.39 is 10.0 Å². The molecular weight excluding hydrogens is 266 g/mol. The van der Waals surface area contributed by atoms with Gasteiger partial charge >= 0.3 is 0 Å². The van der Waals surface area contributed by atoms with Crippen molar-refractivity contribution in [3.63, 3.8) is 0 Å². The van der Waals surface area contributed by atoms with E-state index in [-0.39, 0.29) is 11.5 Å². The first-order valence-electron chi connectivity index (χ1n) is 5.82. The lowest BCUT2D eigenvalue weighted by atomic mass is 10.2. The third-order valence-electron chi connectivity index (χ3n) is 2.28. The molecule has 0 atom stereocenters. The van der Waals surface area contributed by atoms with Crippen molar-refractivity contribution in [2.45, 2.75) is 18.2 Å². The molecule has 0 aliphatic rings. The van der Waals surface area contributed by atoms with Gasteiger partial charge in [0.25, 0.3) is 0 Å². The van der Waals surface area contributed by atoms with Crippen molar-refractivity contribution in [3.8, 4) is 17.6 Å². The molecule has 104 valence electrons. The zero-order chi connectivity index (χ0) is 14.3. The van der Waals surface area contributed by atoms with Crippen molar-refractivity contribution >= 4 is 10.0 Å². The Morgan fingerprint density at radius 1 is 1.42 bits per heavy atom. The van der Waals surface area contributed by atoms with E-state index in [9.17, 15) is 8.42 Å². The molecule has 0 radical (unpaired) electrons. The summed E-state index contributed by atoms with van der Waals surface area (Å²) >= 11 is 0. The van der Waals surface area contributed by atoms with Crippen molar-refractivity contribution in [2.75, 3.05) is 20.3 Å². The lowest BCUT2D eigenvalue weighted by Crippen LogP contribution is -2.23. The molecule has 19 heavy (non-hydrogen) atoms. The molecule has 6 heteroatoms. The number of nitrogens with one attached hydrogen (secondary N) is 1. The van der Waals surface area contributed by atoms with Crippen LogP contribution >= 0.6 is 0 Å². The van der Waals surface area contributed by atoms with Gasteiger partial charge in [-0.3, -0.25) is 0 Å². The highest BCUT2D eigenvalue weighted by atomic mass is 32.2. The van der Waals surface area contributed by atoms with Crippen LogP contribution in [0.3, 0.4) is 0 Å². The van der Waals surface area contributed by atoms with Crippen LogP contribution < -0.4 is 9.46 Å². The Bertz CT molecular complexity index is 584. The summed E-state index contributed by atoms with van der Waals surface area (Å²) in [5.74, 6) is 6.03. The fourth-order valence-corrected chi connectivity index (χ4v) is 2.51. The molecule has 1 rings (SSSR count). The molecule has 0 unspecified atom stereocenters. The van der Waals surface area contributed by atoms with E-state index in [1.54, 1.807) is 13.0 Å². The topological polar surface area (TPSA) is 75.6 Å². The number of sulfonamides is 1. The Balaban J connectivity index is 3.20. The van der Waals surface area contributed by atoms with Crippen LogP contribution in [0.25, 0.3) is 0 Å². The zero-order valence-electron chi connectivity index (χ0n) is 10.9. The van der Waals surface area contributed by atoms with Crippen LogP contribution in [0, 0.1) is 11.8 Å². The van der Waals surface area contributed by atoms with E-state index in [1.165, 1.54) is 19.2 Å². The highest BCUT2D eigenvalue weighted by molar-refractivity contribution is 7.89. The zero-order valence-corrected chi connectivity index (χ0v) is 11.8. The number of methoxy groups -OCH3 is 1. The monoisotopic (exact) mass is 283 g/mol.